The van der Waals surface area contributed by atoms with Crippen molar-refractivity contribution < 1.29 is 9.53 Å². The lowest BCUT2D eigenvalue weighted by Crippen LogP contribution is -2.15. The molecule has 88 valence electrons. The Morgan fingerprint density at radius 1 is 1.38 bits per heavy atom. The molecule has 0 spiro atoms. The van der Waals surface area contributed by atoms with Gasteiger partial charge in [0.1, 0.15) is 0 Å². The van der Waals surface area contributed by atoms with Crippen LogP contribution in [0.4, 0.5) is 5.69 Å². The summed E-state index contributed by atoms with van der Waals surface area (Å²) in [6.07, 6.45) is -0.153. The summed E-state index contributed by atoms with van der Waals surface area (Å²) in [5.74, 6) is -0.383. The van der Waals surface area contributed by atoms with E-state index in [-0.39, 0.29) is 12.1 Å². The number of nitrogen functional groups attached to an aromatic ring is 1. The van der Waals surface area contributed by atoms with E-state index < -0.39 is 0 Å². The van der Waals surface area contributed by atoms with Gasteiger partial charge in [-0.3, -0.25) is 0 Å². The maximum atomic E-state index is 11.9. The van der Waals surface area contributed by atoms with Crippen molar-refractivity contribution in [2.45, 2.75) is 33.8 Å². The van der Waals surface area contributed by atoms with E-state index in [9.17, 15) is 4.79 Å². The Morgan fingerprint density at radius 2 is 1.94 bits per heavy atom. The third-order valence-corrected chi connectivity index (χ3v) is 3.26. The van der Waals surface area contributed by atoms with Gasteiger partial charge in [0, 0.05) is 4.47 Å². The van der Waals surface area contributed by atoms with Crippen LogP contribution in [0.25, 0.3) is 0 Å². The van der Waals surface area contributed by atoms with Crippen LogP contribution in [-0.4, -0.2) is 12.1 Å². The second-order valence-corrected chi connectivity index (χ2v) is 4.86. The second kappa shape index (κ2) is 4.87. The molecular formula is C12H16BrNO2. The van der Waals surface area contributed by atoms with E-state index in [1.54, 1.807) is 0 Å². The fourth-order valence-corrected chi connectivity index (χ4v) is 1.94. The van der Waals surface area contributed by atoms with Crippen LogP contribution in [0.3, 0.4) is 0 Å². The van der Waals surface area contributed by atoms with Crippen molar-refractivity contribution in [2.75, 3.05) is 5.73 Å². The van der Waals surface area contributed by atoms with Crippen LogP contribution >= 0.6 is 15.9 Å². The first-order chi connectivity index (χ1) is 7.34. The lowest BCUT2D eigenvalue weighted by Gasteiger charge is -2.14. The Labute approximate surface area is 104 Å². The standard InChI is InChI=1S/C12H16BrNO2/c1-6(2)16-12(15)9-10(13)7(3)5-8(4)11(9)14/h5-6H,14H2,1-4H3. The summed E-state index contributed by atoms with van der Waals surface area (Å²) in [4.78, 5) is 11.9. The van der Waals surface area contributed by atoms with Crippen molar-refractivity contribution >= 4 is 27.6 Å². The first-order valence-electron chi connectivity index (χ1n) is 5.10. The van der Waals surface area contributed by atoms with Gasteiger partial charge in [-0.1, -0.05) is 6.07 Å². The zero-order chi connectivity index (χ0) is 12.5. The summed E-state index contributed by atoms with van der Waals surface area (Å²) in [7, 11) is 0. The summed E-state index contributed by atoms with van der Waals surface area (Å²) in [5, 5.41) is 0. The van der Waals surface area contributed by atoms with Crippen molar-refractivity contribution in [3.05, 3.63) is 27.2 Å². The van der Waals surface area contributed by atoms with Gasteiger partial charge in [-0.15, -0.1) is 0 Å². The van der Waals surface area contributed by atoms with E-state index in [1.807, 2.05) is 33.8 Å². The van der Waals surface area contributed by atoms with Crippen molar-refractivity contribution in [2.24, 2.45) is 0 Å². The molecule has 0 aromatic heterocycles. The zero-order valence-electron chi connectivity index (χ0n) is 9.93. The van der Waals surface area contributed by atoms with Crippen molar-refractivity contribution in [1.82, 2.24) is 0 Å². The number of nitrogens with two attached hydrogens (primary N) is 1. The predicted molar refractivity (Wildman–Crippen MR) is 68.6 cm³/mol. The van der Waals surface area contributed by atoms with Crippen LogP contribution in [0.5, 0.6) is 0 Å². The van der Waals surface area contributed by atoms with Gasteiger partial charge in [-0.2, -0.15) is 0 Å². The molecule has 3 nitrogen and oxygen atoms in total. The Morgan fingerprint density at radius 3 is 2.44 bits per heavy atom. The highest BCUT2D eigenvalue weighted by atomic mass is 79.9. The molecule has 0 radical (unpaired) electrons. The molecular weight excluding hydrogens is 270 g/mol. The van der Waals surface area contributed by atoms with Gasteiger partial charge < -0.3 is 10.5 Å². The fourth-order valence-electron chi connectivity index (χ4n) is 1.45. The second-order valence-electron chi connectivity index (χ2n) is 4.07. The van der Waals surface area contributed by atoms with Gasteiger partial charge in [0.2, 0.25) is 0 Å². The molecule has 0 bridgehead atoms. The number of rotatable bonds is 2. The van der Waals surface area contributed by atoms with Crippen LogP contribution in [0.1, 0.15) is 35.3 Å². The number of hydrogen-bond acceptors (Lipinski definition) is 3. The van der Waals surface area contributed by atoms with Gasteiger partial charge >= 0.3 is 5.97 Å². The maximum absolute atomic E-state index is 11.9. The minimum Gasteiger partial charge on any atom is -0.459 e. The van der Waals surface area contributed by atoms with E-state index in [0.717, 1.165) is 11.1 Å². The Hall–Kier alpha value is -1.03. The number of carbonyl (C=O) groups excluding carboxylic acids is 1. The van der Waals surface area contributed by atoms with Crippen molar-refractivity contribution in [3.63, 3.8) is 0 Å². The predicted octanol–water partition coefficient (Wildman–Crippen LogP) is 3.21. The van der Waals surface area contributed by atoms with E-state index in [0.29, 0.717) is 15.7 Å². The molecule has 1 aromatic carbocycles. The fraction of sp³-hybridized carbons (Fsp3) is 0.417. The lowest BCUT2D eigenvalue weighted by atomic mass is 10.0. The maximum Gasteiger partial charge on any atom is 0.341 e. The summed E-state index contributed by atoms with van der Waals surface area (Å²) < 4.78 is 5.87. The molecule has 0 heterocycles. The molecule has 0 saturated carbocycles. The summed E-state index contributed by atoms with van der Waals surface area (Å²) in [6.45, 7) is 7.42. The summed E-state index contributed by atoms with van der Waals surface area (Å²) in [6, 6.07) is 1.94. The zero-order valence-corrected chi connectivity index (χ0v) is 11.5. The van der Waals surface area contributed by atoms with E-state index in [2.05, 4.69) is 15.9 Å². The molecule has 0 amide bonds. The van der Waals surface area contributed by atoms with Gasteiger partial charge in [-0.25, -0.2) is 4.79 Å². The topological polar surface area (TPSA) is 52.3 Å². The molecule has 16 heavy (non-hydrogen) atoms. The van der Waals surface area contributed by atoms with Crippen molar-refractivity contribution in [1.29, 1.82) is 0 Å². The highest BCUT2D eigenvalue weighted by Gasteiger charge is 2.19. The molecule has 0 aliphatic rings. The van der Waals surface area contributed by atoms with E-state index in [4.69, 9.17) is 10.5 Å². The normalized spacial score (nSPS) is 10.6. The smallest absolute Gasteiger partial charge is 0.341 e. The van der Waals surface area contributed by atoms with Crippen LogP contribution < -0.4 is 5.73 Å². The lowest BCUT2D eigenvalue weighted by molar-refractivity contribution is 0.0378. The van der Waals surface area contributed by atoms with Crippen LogP contribution in [0.15, 0.2) is 10.5 Å². The van der Waals surface area contributed by atoms with Crippen molar-refractivity contribution in [3.8, 4) is 0 Å². The molecule has 0 fully saturated rings. The average Bonchev–Trinajstić information content (AvgIpc) is 2.14. The van der Waals surface area contributed by atoms with E-state index >= 15 is 0 Å². The third kappa shape index (κ3) is 2.55. The number of benzene rings is 1. The summed E-state index contributed by atoms with van der Waals surface area (Å²) >= 11 is 3.37. The monoisotopic (exact) mass is 285 g/mol. The molecule has 1 rings (SSSR count). The van der Waals surface area contributed by atoms with Gasteiger partial charge in [0.05, 0.1) is 17.4 Å². The molecule has 2 N–H and O–H groups in total. The molecule has 0 aliphatic heterocycles. The molecule has 1 aromatic rings. The highest BCUT2D eigenvalue weighted by molar-refractivity contribution is 9.10. The Kier molecular flexibility index (Phi) is 3.97. The molecule has 0 aliphatic carbocycles. The van der Waals surface area contributed by atoms with Gasteiger partial charge in [0.25, 0.3) is 0 Å². The highest BCUT2D eigenvalue weighted by Crippen LogP contribution is 2.30. The minimum absolute atomic E-state index is 0.153. The number of ether oxygens (including phenoxy) is 1. The Balaban J connectivity index is 3.27. The number of anilines is 1. The number of carbonyl (C=O) groups is 1. The first-order valence-corrected chi connectivity index (χ1v) is 5.90. The quantitative estimate of drug-likeness (QED) is 0.671. The molecule has 4 heteroatoms. The van der Waals surface area contributed by atoms with E-state index in [1.165, 1.54) is 0 Å². The SMILES string of the molecule is Cc1cc(C)c(Br)c(C(=O)OC(C)C)c1N. The Bertz CT molecular complexity index is 401. The van der Waals surface area contributed by atoms with Gasteiger partial charge in [-0.05, 0) is 54.8 Å². The number of esters is 1. The molecule has 0 saturated heterocycles. The van der Waals surface area contributed by atoms with Crippen LogP contribution in [0.2, 0.25) is 0 Å². The molecule has 0 unspecified atom stereocenters. The van der Waals surface area contributed by atoms with Gasteiger partial charge in [0.15, 0.2) is 0 Å². The number of halogens is 1. The molecule has 0 atom stereocenters. The first kappa shape index (κ1) is 13.0. The minimum atomic E-state index is -0.383. The number of hydrogen-bond donors (Lipinski definition) is 1. The summed E-state index contributed by atoms with van der Waals surface area (Å²) in [5.41, 5.74) is 8.66. The largest absolute Gasteiger partial charge is 0.459 e. The number of aryl methyl sites for hydroxylation is 2. The van der Waals surface area contributed by atoms with Crippen LogP contribution in [-0.2, 0) is 4.74 Å². The van der Waals surface area contributed by atoms with Crippen LogP contribution in [0, 0.1) is 13.8 Å². The third-order valence-electron chi connectivity index (χ3n) is 2.24. The average molecular weight is 286 g/mol.